The zero-order valence-electron chi connectivity index (χ0n) is 9.97. The molecule has 0 saturated carbocycles. The van der Waals surface area contributed by atoms with Gasteiger partial charge in [-0.1, -0.05) is 20.8 Å². The van der Waals surface area contributed by atoms with Gasteiger partial charge in [0.2, 0.25) is 0 Å². The Morgan fingerprint density at radius 3 is 2.50 bits per heavy atom. The molecule has 1 saturated heterocycles. The van der Waals surface area contributed by atoms with Crippen LogP contribution in [-0.4, -0.2) is 30.3 Å². The molecule has 1 aliphatic heterocycles. The van der Waals surface area contributed by atoms with Crippen molar-refractivity contribution in [3.05, 3.63) is 0 Å². The lowest BCUT2D eigenvalue weighted by Crippen LogP contribution is -2.54. The maximum absolute atomic E-state index is 11.1. The molecule has 0 aromatic heterocycles. The zero-order valence-corrected chi connectivity index (χ0v) is 9.97. The number of ketones is 1. The predicted octanol–water partition coefficient (Wildman–Crippen LogP) is 2.33. The highest BCUT2D eigenvalue weighted by Gasteiger charge is 2.37. The molecule has 1 fully saturated rings. The Morgan fingerprint density at radius 1 is 1.50 bits per heavy atom. The molecule has 14 heavy (non-hydrogen) atoms. The first-order valence-electron chi connectivity index (χ1n) is 5.69. The molecule has 0 aliphatic carbocycles. The van der Waals surface area contributed by atoms with Crippen molar-refractivity contribution in [2.24, 2.45) is 11.3 Å². The Bertz CT molecular complexity index is 206. The van der Waals surface area contributed by atoms with E-state index in [9.17, 15) is 4.79 Å². The first-order valence-corrected chi connectivity index (χ1v) is 5.69. The molecule has 0 aromatic rings. The van der Waals surface area contributed by atoms with Crippen LogP contribution in [0.2, 0.25) is 0 Å². The highest BCUT2D eigenvalue weighted by Crippen LogP contribution is 2.35. The first-order chi connectivity index (χ1) is 6.47. The Kier molecular flexibility index (Phi) is 3.71. The van der Waals surface area contributed by atoms with E-state index in [1.165, 1.54) is 19.5 Å². The third kappa shape index (κ3) is 2.81. The van der Waals surface area contributed by atoms with Crippen molar-refractivity contribution in [3.63, 3.8) is 0 Å². The van der Waals surface area contributed by atoms with Crippen LogP contribution in [0, 0.1) is 11.3 Å². The molecular weight excluding hydrogens is 174 g/mol. The largest absolute Gasteiger partial charge is 0.302 e. The standard InChI is InChI=1S/C12H23NO/c1-5-13-8-12(4,9-13)7-6-10(2)11(3)14/h10H,5-9H2,1-4H3. The van der Waals surface area contributed by atoms with E-state index in [0.29, 0.717) is 11.2 Å². The van der Waals surface area contributed by atoms with E-state index >= 15 is 0 Å². The summed E-state index contributed by atoms with van der Waals surface area (Å²) in [7, 11) is 0. The molecule has 0 bridgehead atoms. The van der Waals surface area contributed by atoms with Gasteiger partial charge in [0.05, 0.1) is 0 Å². The van der Waals surface area contributed by atoms with E-state index in [1.54, 1.807) is 6.92 Å². The maximum atomic E-state index is 11.1. The van der Waals surface area contributed by atoms with Gasteiger partial charge in [-0.05, 0) is 31.7 Å². The molecule has 1 heterocycles. The fraction of sp³-hybridized carbons (Fsp3) is 0.917. The normalized spacial score (nSPS) is 22.9. The average molecular weight is 197 g/mol. The highest BCUT2D eigenvalue weighted by molar-refractivity contribution is 5.77. The van der Waals surface area contributed by atoms with Crippen molar-refractivity contribution in [2.45, 2.75) is 40.5 Å². The first kappa shape index (κ1) is 11.7. The van der Waals surface area contributed by atoms with Gasteiger partial charge in [-0.25, -0.2) is 0 Å². The summed E-state index contributed by atoms with van der Waals surface area (Å²) in [6.45, 7) is 11.9. The van der Waals surface area contributed by atoms with Crippen LogP contribution < -0.4 is 0 Å². The highest BCUT2D eigenvalue weighted by atomic mass is 16.1. The molecule has 2 heteroatoms. The summed E-state index contributed by atoms with van der Waals surface area (Å²) in [5.74, 6) is 0.586. The molecule has 82 valence electrons. The molecule has 0 N–H and O–H groups in total. The number of rotatable bonds is 5. The third-order valence-electron chi connectivity index (χ3n) is 3.53. The minimum atomic E-state index is 0.252. The lowest BCUT2D eigenvalue weighted by Gasteiger charge is -2.48. The summed E-state index contributed by atoms with van der Waals surface area (Å²) < 4.78 is 0. The van der Waals surface area contributed by atoms with E-state index in [1.807, 2.05) is 6.92 Å². The van der Waals surface area contributed by atoms with Crippen molar-refractivity contribution in [2.75, 3.05) is 19.6 Å². The molecule has 0 aromatic carbocycles. The Hall–Kier alpha value is -0.370. The van der Waals surface area contributed by atoms with Crippen LogP contribution in [-0.2, 0) is 4.79 Å². The molecule has 1 unspecified atom stereocenters. The second-order valence-electron chi connectivity index (χ2n) is 5.16. The van der Waals surface area contributed by atoms with E-state index < -0.39 is 0 Å². The summed E-state index contributed by atoms with van der Waals surface area (Å²) in [5, 5.41) is 0. The Morgan fingerprint density at radius 2 is 2.07 bits per heavy atom. The van der Waals surface area contributed by atoms with E-state index in [2.05, 4.69) is 18.7 Å². The third-order valence-corrected chi connectivity index (χ3v) is 3.53. The zero-order chi connectivity index (χ0) is 10.8. The fourth-order valence-electron chi connectivity index (χ4n) is 2.18. The van der Waals surface area contributed by atoms with Crippen LogP contribution in [0.3, 0.4) is 0 Å². The molecular formula is C12H23NO. The van der Waals surface area contributed by atoms with Crippen molar-refractivity contribution >= 4 is 5.78 Å². The van der Waals surface area contributed by atoms with Gasteiger partial charge in [0.1, 0.15) is 5.78 Å². The van der Waals surface area contributed by atoms with Crippen LogP contribution in [0.25, 0.3) is 0 Å². The molecule has 1 aliphatic rings. The summed E-state index contributed by atoms with van der Waals surface area (Å²) >= 11 is 0. The number of nitrogens with zero attached hydrogens (tertiary/aromatic N) is 1. The summed E-state index contributed by atoms with van der Waals surface area (Å²) in [5.41, 5.74) is 0.486. The number of hydrogen-bond acceptors (Lipinski definition) is 2. The van der Waals surface area contributed by atoms with Gasteiger partial charge in [0, 0.05) is 19.0 Å². The van der Waals surface area contributed by atoms with Gasteiger partial charge in [0.25, 0.3) is 0 Å². The van der Waals surface area contributed by atoms with E-state index in [4.69, 9.17) is 0 Å². The molecule has 1 rings (SSSR count). The topological polar surface area (TPSA) is 20.3 Å². The minimum Gasteiger partial charge on any atom is -0.302 e. The van der Waals surface area contributed by atoms with Gasteiger partial charge in [-0.2, -0.15) is 0 Å². The fourth-order valence-corrected chi connectivity index (χ4v) is 2.18. The number of carbonyl (C=O) groups excluding carboxylic acids is 1. The number of hydrogen-bond donors (Lipinski definition) is 0. The number of Topliss-reactive ketones (excluding diaryl/α,β-unsaturated/α-hetero) is 1. The summed E-state index contributed by atoms with van der Waals surface area (Å²) in [6.07, 6.45) is 2.26. The van der Waals surface area contributed by atoms with E-state index in [-0.39, 0.29) is 5.92 Å². The summed E-state index contributed by atoms with van der Waals surface area (Å²) in [6, 6.07) is 0. The molecule has 2 nitrogen and oxygen atoms in total. The Labute approximate surface area is 87.7 Å². The summed E-state index contributed by atoms with van der Waals surface area (Å²) in [4.78, 5) is 13.5. The van der Waals surface area contributed by atoms with Crippen LogP contribution in [0.15, 0.2) is 0 Å². The van der Waals surface area contributed by atoms with Crippen LogP contribution in [0.4, 0.5) is 0 Å². The SMILES string of the molecule is CCN1CC(C)(CCC(C)C(C)=O)C1. The molecule has 0 spiro atoms. The second kappa shape index (κ2) is 4.43. The molecule has 1 atom stereocenters. The van der Waals surface area contributed by atoms with Crippen molar-refractivity contribution in [3.8, 4) is 0 Å². The van der Waals surface area contributed by atoms with Gasteiger partial charge in [0.15, 0.2) is 0 Å². The van der Waals surface area contributed by atoms with Crippen molar-refractivity contribution in [1.29, 1.82) is 0 Å². The smallest absolute Gasteiger partial charge is 0.132 e. The number of carbonyl (C=O) groups is 1. The quantitative estimate of drug-likeness (QED) is 0.674. The minimum absolute atomic E-state index is 0.252. The second-order valence-corrected chi connectivity index (χ2v) is 5.16. The van der Waals surface area contributed by atoms with Crippen LogP contribution >= 0.6 is 0 Å². The van der Waals surface area contributed by atoms with Gasteiger partial charge in [-0.3, -0.25) is 4.79 Å². The van der Waals surface area contributed by atoms with E-state index in [0.717, 1.165) is 13.0 Å². The predicted molar refractivity (Wildman–Crippen MR) is 59.3 cm³/mol. The van der Waals surface area contributed by atoms with Gasteiger partial charge in [-0.15, -0.1) is 0 Å². The Balaban J connectivity index is 2.23. The van der Waals surface area contributed by atoms with Crippen molar-refractivity contribution in [1.82, 2.24) is 4.90 Å². The lowest BCUT2D eigenvalue weighted by atomic mass is 9.76. The van der Waals surface area contributed by atoms with Gasteiger partial charge >= 0.3 is 0 Å². The van der Waals surface area contributed by atoms with Crippen LogP contribution in [0.5, 0.6) is 0 Å². The molecule has 0 amide bonds. The average Bonchev–Trinajstić information content (AvgIpc) is 2.09. The lowest BCUT2D eigenvalue weighted by molar-refractivity contribution is -0.120. The van der Waals surface area contributed by atoms with Gasteiger partial charge < -0.3 is 4.90 Å². The maximum Gasteiger partial charge on any atom is 0.132 e. The number of likely N-dealkylation sites (tertiary alicyclic amines) is 1. The molecule has 0 radical (unpaired) electrons. The van der Waals surface area contributed by atoms with Crippen molar-refractivity contribution < 1.29 is 4.79 Å². The monoisotopic (exact) mass is 197 g/mol. The van der Waals surface area contributed by atoms with Crippen LogP contribution in [0.1, 0.15) is 40.5 Å².